The number of hydrogen-bond acceptors (Lipinski definition) is 1. The summed E-state index contributed by atoms with van der Waals surface area (Å²) in [7, 11) is 0. The first kappa shape index (κ1) is 10.4. The maximum Gasteiger partial charge on any atom is 0.315 e. The van der Waals surface area contributed by atoms with E-state index in [0.717, 1.165) is 19.3 Å². The lowest BCUT2D eigenvalue weighted by atomic mass is 9.94. The normalized spacial score (nSPS) is 19.8. The van der Waals surface area contributed by atoms with E-state index in [1.807, 2.05) is 6.92 Å². The van der Waals surface area contributed by atoms with Crippen LogP contribution in [0.1, 0.15) is 46.0 Å². The minimum Gasteiger partial charge on any atom is -0.338 e. The topological polar surface area (TPSA) is 41.1 Å². The molecule has 0 aromatic carbocycles. The van der Waals surface area contributed by atoms with E-state index in [-0.39, 0.29) is 11.6 Å². The Balaban J connectivity index is 2.43. The van der Waals surface area contributed by atoms with E-state index in [9.17, 15) is 4.79 Å². The molecule has 2 N–H and O–H groups in total. The van der Waals surface area contributed by atoms with Gasteiger partial charge in [-0.15, -0.1) is 0 Å². The molecule has 76 valence electrons. The fraction of sp³-hybridized carbons (Fsp3) is 0.900. The first-order chi connectivity index (χ1) is 6.22. The number of hydrogen-bond donors (Lipinski definition) is 2. The summed E-state index contributed by atoms with van der Waals surface area (Å²) in [5, 5.41) is 5.87. The van der Waals surface area contributed by atoms with Crippen LogP contribution < -0.4 is 10.6 Å². The molecular formula is C10H20N2O. The van der Waals surface area contributed by atoms with Crippen molar-refractivity contribution in [3.8, 4) is 0 Å². The predicted octanol–water partition coefficient (Wildman–Crippen LogP) is 2.03. The summed E-state index contributed by atoms with van der Waals surface area (Å²) in [6.45, 7) is 4.79. The van der Waals surface area contributed by atoms with Crippen molar-refractivity contribution in [3.63, 3.8) is 0 Å². The first-order valence-corrected chi connectivity index (χ1v) is 5.28. The minimum atomic E-state index is -0.00810. The van der Waals surface area contributed by atoms with Crippen molar-refractivity contribution in [2.24, 2.45) is 0 Å². The molecule has 3 nitrogen and oxygen atoms in total. The molecule has 0 unspecified atom stereocenters. The quantitative estimate of drug-likeness (QED) is 0.692. The van der Waals surface area contributed by atoms with Crippen LogP contribution in [0, 0.1) is 0 Å². The molecule has 0 saturated heterocycles. The minimum absolute atomic E-state index is 0.00810. The second-order valence-electron chi connectivity index (χ2n) is 3.83. The van der Waals surface area contributed by atoms with E-state index in [4.69, 9.17) is 0 Å². The monoisotopic (exact) mass is 184 g/mol. The number of nitrogens with one attached hydrogen (secondary N) is 2. The van der Waals surface area contributed by atoms with Crippen molar-refractivity contribution in [2.75, 3.05) is 6.54 Å². The van der Waals surface area contributed by atoms with E-state index in [1.54, 1.807) is 0 Å². The Morgan fingerprint density at radius 2 is 1.92 bits per heavy atom. The van der Waals surface area contributed by atoms with Gasteiger partial charge < -0.3 is 10.6 Å². The Hall–Kier alpha value is -0.730. The molecule has 2 amide bonds. The zero-order valence-electron chi connectivity index (χ0n) is 8.65. The molecule has 1 rings (SSSR count). The van der Waals surface area contributed by atoms with Crippen molar-refractivity contribution >= 4 is 6.03 Å². The van der Waals surface area contributed by atoms with Crippen molar-refractivity contribution in [1.29, 1.82) is 0 Å². The van der Waals surface area contributed by atoms with Gasteiger partial charge in [-0.2, -0.15) is 0 Å². The maximum atomic E-state index is 11.3. The lowest BCUT2D eigenvalue weighted by molar-refractivity contribution is 0.223. The average Bonchev–Trinajstić information content (AvgIpc) is 2.54. The fourth-order valence-electron chi connectivity index (χ4n) is 2.06. The van der Waals surface area contributed by atoms with Gasteiger partial charge in [0, 0.05) is 12.1 Å². The predicted molar refractivity (Wildman–Crippen MR) is 53.7 cm³/mol. The van der Waals surface area contributed by atoms with Gasteiger partial charge in [-0.05, 0) is 26.2 Å². The van der Waals surface area contributed by atoms with Crippen molar-refractivity contribution in [3.05, 3.63) is 0 Å². The zero-order valence-corrected chi connectivity index (χ0v) is 8.65. The van der Waals surface area contributed by atoms with E-state index in [1.165, 1.54) is 12.8 Å². The highest BCUT2D eigenvalue weighted by Gasteiger charge is 2.33. The summed E-state index contributed by atoms with van der Waals surface area (Å²) in [4.78, 5) is 11.3. The smallest absolute Gasteiger partial charge is 0.315 e. The first-order valence-electron chi connectivity index (χ1n) is 5.28. The summed E-state index contributed by atoms with van der Waals surface area (Å²) < 4.78 is 0. The molecule has 0 atom stereocenters. The van der Waals surface area contributed by atoms with Crippen LogP contribution in [0.2, 0.25) is 0 Å². The molecule has 13 heavy (non-hydrogen) atoms. The van der Waals surface area contributed by atoms with Crippen LogP contribution in [0.25, 0.3) is 0 Å². The van der Waals surface area contributed by atoms with Crippen LogP contribution in [0.3, 0.4) is 0 Å². The van der Waals surface area contributed by atoms with Gasteiger partial charge in [0.25, 0.3) is 0 Å². The summed E-state index contributed by atoms with van der Waals surface area (Å²) in [6, 6.07) is -0.00810. The molecule has 3 heteroatoms. The molecule has 0 aromatic heterocycles. The van der Waals surface area contributed by atoms with E-state index < -0.39 is 0 Å². The van der Waals surface area contributed by atoms with Crippen LogP contribution in [-0.2, 0) is 0 Å². The van der Waals surface area contributed by atoms with Crippen LogP contribution in [0.5, 0.6) is 0 Å². The molecule has 0 heterocycles. The van der Waals surface area contributed by atoms with Crippen molar-refractivity contribution < 1.29 is 4.79 Å². The Morgan fingerprint density at radius 1 is 1.31 bits per heavy atom. The molecule has 0 spiro atoms. The number of urea groups is 1. The summed E-state index contributed by atoms with van der Waals surface area (Å²) in [5.41, 5.74) is 0.0965. The summed E-state index contributed by atoms with van der Waals surface area (Å²) >= 11 is 0. The molecule has 0 bridgehead atoms. The highest BCUT2D eigenvalue weighted by Crippen LogP contribution is 2.32. The number of carbonyl (C=O) groups excluding carboxylic acids is 1. The molecule has 0 aromatic rings. The van der Waals surface area contributed by atoms with Gasteiger partial charge >= 0.3 is 6.03 Å². The average molecular weight is 184 g/mol. The van der Waals surface area contributed by atoms with Gasteiger partial charge in [-0.3, -0.25) is 0 Å². The van der Waals surface area contributed by atoms with Crippen LogP contribution in [0.4, 0.5) is 4.79 Å². The fourth-order valence-corrected chi connectivity index (χ4v) is 2.06. The van der Waals surface area contributed by atoms with Crippen LogP contribution in [0.15, 0.2) is 0 Å². The second-order valence-corrected chi connectivity index (χ2v) is 3.83. The largest absolute Gasteiger partial charge is 0.338 e. The molecule has 1 fully saturated rings. The molecule has 1 aliphatic rings. The third-order valence-corrected chi connectivity index (χ3v) is 2.95. The Bertz CT molecular complexity index is 174. The Labute approximate surface area is 80.3 Å². The molecule has 1 aliphatic carbocycles. The Kier molecular flexibility index (Phi) is 3.58. The van der Waals surface area contributed by atoms with Crippen LogP contribution in [-0.4, -0.2) is 18.1 Å². The second kappa shape index (κ2) is 4.49. The van der Waals surface area contributed by atoms with E-state index >= 15 is 0 Å². The molecule has 1 saturated carbocycles. The highest BCUT2D eigenvalue weighted by molar-refractivity contribution is 5.74. The van der Waals surface area contributed by atoms with Gasteiger partial charge in [0.15, 0.2) is 0 Å². The van der Waals surface area contributed by atoms with Gasteiger partial charge in [0.2, 0.25) is 0 Å². The number of carbonyl (C=O) groups is 1. The SMILES string of the molecule is CCNC(=O)NC1(CC)CCCC1. The standard InChI is InChI=1S/C10H20N2O/c1-3-10(7-5-6-8-10)12-9(13)11-4-2/h3-8H2,1-2H3,(H2,11,12,13). The Morgan fingerprint density at radius 3 is 2.38 bits per heavy atom. The van der Waals surface area contributed by atoms with Gasteiger partial charge in [0.05, 0.1) is 0 Å². The molecule has 0 aliphatic heterocycles. The van der Waals surface area contributed by atoms with Crippen LogP contribution >= 0.6 is 0 Å². The number of amides is 2. The van der Waals surface area contributed by atoms with E-state index in [2.05, 4.69) is 17.6 Å². The lowest BCUT2D eigenvalue weighted by Crippen LogP contribution is -2.50. The van der Waals surface area contributed by atoms with Gasteiger partial charge in [-0.1, -0.05) is 19.8 Å². The lowest BCUT2D eigenvalue weighted by Gasteiger charge is -2.28. The van der Waals surface area contributed by atoms with Crippen molar-refractivity contribution in [1.82, 2.24) is 10.6 Å². The number of rotatable bonds is 3. The third-order valence-electron chi connectivity index (χ3n) is 2.95. The van der Waals surface area contributed by atoms with E-state index in [0.29, 0.717) is 6.54 Å². The van der Waals surface area contributed by atoms with Gasteiger partial charge in [-0.25, -0.2) is 4.79 Å². The molecular weight excluding hydrogens is 164 g/mol. The highest BCUT2D eigenvalue weighted by atomic mass is 16.2. The summed E-state index contributed by atoms with van der Waals surface area (Å²) in [6.07, 6.45) is 5.83. The zero-order chi connectivity index (χ0) is 9.73. The van der Waals surface area contributed by atoms with Gasteiger partial charge in [0.1, 0.15) is 0 Å². The van der Waals surface area contributed by atoms with Crippen molar-refractivity contribution in [2.45, 2.75) is 51.5 Å². The molecule has 0 radical (unpaired) electrons. The maximum absolute atomic E-state index is 11.3. The summed E-state index contributed by atoms with van der Waals surface area (Å²) in [5.74, 6) is 0. The third kappa shape index (κ3) is 2.61.